The maximum absolute atomic E-state index is 12.9. The molecule has 1 amide bonds. The second-order valence-corrected chi connectivity index (χ2v) is 6.82. The molecule has 10 nitrogen and oxygen atoms in total. The molecule has 1 aromatic carbocycles. The Morgan fingerprint density at radius 3 is 2.73 bits per heavy atom. The number of nitrogens with one attached hydrogen (secondary N) is 1. The molecule has 0 aliphatic rings. The van der Waals surface area contributed by atoms with E-state index < -0.39 is 10.8 Å². The van der Waals surface area contributed by atoms with Crippen molar-refractivity contribution in [1.29, 1.82) is 0 Å². The summed E-state index contributed by atoms with van der Waals surface area (Å²) in [6.07, 6.45) is 5.02. The predicted octanol–water partition coefficient (Wildman–Crippen LogP) is 3.39. The molecule has 0 saturated heterocycles. The van der Waals surface area contributed by atoms with Gasteiger partial charge in [0.15, 0.2) is 5.65 Å². The minimum atomic E-state index is -0.474. The van der Waals surface area contributed by atoms with E-state index in [4.69, 9.17) is 0 Å². The molecule has 4 aromatic rings. The summed E-state index contributed by atoms with van der Waals surface area (Å²) in [6.45, 7) is 6.37. The van der Waals surface area contributed by atoms with Gasteiger partial charge in [-0.3, -0.25) is 19.6 Å². The number of carbonyl (C=O) groups is 1. The van der Waals surface area contributed by atoms with Gasteiger partial charge in [0.05, 0.1) is 22.5 Å². The minimum Gasteiger partial charge on any atom is -0.322 e. The van der Waals surface area contributed by atoms with Gasteiger partial charge in [0.2, 0.25) is 0 Å². The summed E-state index contributed by atoms with van der Waals surface area (Å²) in [5.41, 5.74) is 4.30. The quantitative estimate of drug-likeness (QED) is 0.401. The average Bonchev–Trinajstić information content (AvgIpc) is 3.32. The lowest BCUT2D eigenvalue weighted by Crippen LogP contribution is -2.13. The number of hydrogen-bond acceptors (Lipinski definition) is 6. The highest BCUT2D eigenvalue weighted by atomic mass is 16.6. The number of anilines is 1. The number of nitro benzene ring substituents is 1. The lowest BCUT2D eigenvalue weighted by atomic mass is 10.1. The van der Waals surface area contributed by atoms with Gasteiger partial charge in [-0.15, -0.1) is 0 Å². The monoisotopic (exact) mass is 405 g/mol. The van der Waals surface area contributed by atoms with Gasteiger partial charge < -0.3 is 5.32 Å². The minimum absolute atomic E-state index is 0.0317. The van der Waals surface area contributed by atoms with Gasteiger partial charge in [-0.2, -0.15) is 10.2 Å². The Balaban J connectivity index is 1.70. The van der Waals surface area contributed by atoms with E-state index >= 15 is 0 Å². The van der Waals surface area contributed by atoms with E-state index in [-0.39, 0.29) is 5.69 Å². The summed E-state index contributed by atoms with van der Waals surface area (Å²) < 4.78 is 3.45. The van der Waals surface area contributed by atoms with Crippen molar-refractivity contribution >= 4 is 22.9 Å². The Hall–Kier alpha value is -4.08. The third-order valence-electron chi connectivity index (χ3n) is 4.86. The number of rotatable bonds is 5. The van der Waals surface area contributed by atoms with Crippen molar-refractivity contribution in [2.24, 2.45) is 0 Å². The molecule has 1 N–H and O–H groups in total. The average molecular weight is 405 g/mol. The van der Waals surface area contributed by atoms with E-state index in [0.717, 1.165) is 23.5 Å². The van der Waals surface area contributed by atoms with Crippen molar-refractivity contribution in [3.05, 3.63) is 69.8 Å². The summed E-state index contributed by atoms with van der Waals surface area (Å²) in [6, 6.07) is 6.10. The second-order valence-electron chi connectivity index (χ2n) is 6.82. The Labute approximate surface area is 171 Å². The summed E-state index contributed by atoms with van der Waals surface area (Å²) >= 11 is 0. The highest BCUT2D eigenvalue weighted by Gasteiger charge is 2.19. The van der Waals surface area contributed by atoms with Crippen LogP contribution in [0.15, 0.2) is 42.9 Å². The van der Waals surface area contributed by atoms with Crippen LogP contribution in [0, 0.1) is 24.0 Å². The highest BCUT2D eigenvalue weighted by Crippen LogP contribution is 2.25. The largest absolute Gasteiger partial charge is 0.322 e. The van der Waals surface area contributed by atoms with Gasteiger partial charge in [0.1, 0.15) is 5.56 Å². The fourth-order valence-electron chi connectivity index (χ4n) is 3.28. The molecular weight excluding hydrogens is 386 g/mol. The van der Waals surface area contributed by atoms with E-state index in [1.165, 1.54) is 24.4 Å². The number of non-ortho nitro benzene ring substituents is 1. The van der Waals surface area contributed by atoms with Crippen LogP contribution in [0.3, 0.4) is 0 Å². The van der Waals surface area contributed by atoms with Gasteiger partial charge in [0, 0.05) is 42.3 Å². The highest BCUT2D eigenvalue weighted by molar-refractivity contribution is 6.08. The number of aryl methyl sites for hydroxylation is 3. The van der Waals surface area contributed by atoms with Crippen molar-refractivity contribution in [2.45, 2.75) is 27.3 Å². The van der Waals surface area contributed by atoms with Gasteiger partial charge in [0.25, 0.3) is 11.6 Å². The summed E-state index contributed by atoms with van der Waals surface area (Å²) in [4.78, 5) is 27.6. The molecule has 0 aliphatic carbocycles. The summed E-state index contributed by atoms with van der Waals surface area (Å²) in [5, 5.41) is 22.5. The van der Waals surface area contributed by atoms with E-state index in [9.17, 15) is 14.9 Å². The number of aromatic nitrogens is 5. The van der Waals surface area contributed by atoms with Crippen LogP contribution in [0.4, 0.5) is 11.4 Å². The fraction of sp³-hybridized carbons (Fsp3) is 0.200. The number of amides is 1. The van der Waals surface area contributed by atoms with Crippen LogP contribution in [0.25, 0.3) is 16.9 Å². The van der Waals surface area contributed by atoms with Gasteiger partial charge in [-0.25, -0.2) is 9.50 Å². The fourth-order valence-corrected chi connectivity index (χ4v) is 3.28. The van der Waals surface area contributed by atoms with Crippen LogP contribution in [-0.4, -0.2) is 35.2 Å². The SMILES string of the molecule is CCn1cc(-c2ccnc3c(C(=O)Nc4ccc([N+](=O)[O-])cc4C)cnn23)c(C)n1. The first-order valence-corrected chi connectivity index (χ1v) is 9.32. The number of fused-ring (bicyclic) bond motifs is 1. The van der Waals surface area contributed by atoms with Crippen LogP contribution >= 0.6 is 0 Å². The molecule has 4 rings (SSSR count). The number of nitro groups is 1. The van der Waals surface area contributed by atoms with Gasteiger partial charge >= 0.3 is 0 Å². The van der Waals surface area contributed by atoms with Crippen molar-refractivity contribution in [3.63, 3.8) is 0 Å². The summed E-state index contributed by atoms with van der Waals surface area (Å²) in [7, 11) is 0. The Morgan fingerprint density at radius 2 is 2.07 bits per heavy atom. The molecule has 3 aromatic heterocycles. The molecule has 152 valence electrons. The van der Waals surface area contributed by atoms with E-state index in [1.54, 1.807) is 17.6 Å². The van der Waals surface area contributed by atoms with Crippen LogP contribution in [0.5, 0.6) is 0 Å². The molecular formula is C20H19N7O3. The predicted molar refractivity (Wildman–Crippen MR) is 110 cm³/mol. The molecule has 10 heteroatoms. The van der Waals surface area contributed by atoms with E-state index in [1.807, 2.05) is 30.8 Å². The molecule has 0 bridgehead atoms. The van der Waals surface area contributed by atoms with Crippen molar-refractivity contribution in [1.82, 2.24) is 24.4 Å². The van der Waals surface area contributed by atoms with Crippen molar-refractivity contribution in [2.75, 3.05) is 5.32 Å². The number of benzene rings is 1. The zero-order valence-electron chi connectivity index (χ0n) is 16.7. The Morgan fingerprint density at radius 1 is 1.27 bits per heavy atom. The first-order chi connectivity index (χ1) is 14.4. The van der Waals surface area contributed by atoms with Gasteiger partial charge in [-0.1, -0.05) is 0 Å². The van der Waals surface area contributed by atoms with Gasteiger partial charge in [-0.05, 0) is 38.5 Å². The van der Waals surface area contributed by atoms with Crippen LogP contribution in [0.1, 0.15) is 28.5 Å². The normalized spacial score (nSPS) is 11.0. The second kappa shape index (κ2) is 7.39. The van der Waals surface area contributed by atoms with Crippen LogP contribution < -0.4 is 5.32 Å². The lowest BCUT2D eigenvalue weighted by molar-refractivity contribution is -0.384. The maximum atomic E-state index is 12.9. The molecule has 0 fully saturated rings. The first-order valence-electron chi connectivity index (χ1n) is 9.32. The molecule has 0 radical (unpaired) electrons. The smallest absolute Gasteiger partial charge is 0.269 e. The van der Waals surface area contributed by atoms with Crippen molar-refractivity contribution < 1.29 is 9.72 Å². The van der Waals surface area contributed by atoms with E-state index in [2.05, 4.69) is 20.5 Å². The first kappa shape index (κ1) is 19.2. The molecule has 0 saturated carbocycles. The maximum Gasteiger partial charge on any atom is 0.269 e. The number of hydrogen-bond donors (Lipinski definition) is 1. The third-order valence-corrected chi connectivity index (χ3v) is 4.86. The molecule has 0 atom stereocenters. The zero-order valence-corrected chi connectivity index (χ0v) is 16.7. The van der Waals surface area contributed by atoms with E-state index in [0.29, 0.717) is 22.5 Å². The molecule has 30 heavy (non-hydrogen) atoms. The Bertz CT molecular complexity index is 1290. The van der Waals surface area contributed by atoms with Crippen LogP contribution in [0.2, 0.25) is 0 Å². The molecule has 0 unspecified atom stereocenters. The van der Waals surface area contributed by atoms with Crippen LogP contribution in [-0.2, 0) is 6.54 Å². The zero-order chi connectivity index (χ0) is 21.4. The Kier molecular flexibility index (Phi) is 4.74. The number of carbonyl (C=O) groups excluding carboxylic acids is 1. The topological polar surface area (TPSA) is 120 Å². The third kappa shape index (κ3) is 3.28. The summed E-state index contributed by atoms with van der Waals surface area (Å²) in [5.74, 6) is -0.396. The number of nitrogens with zero attached hydrogens (tertiary/aromatic N) is 6. The van der Waals surface area contributed by atoms with Crippen molar-refractivity contribution in [3.8, 4) is 11.3 Å². The standard InChI is InChI=1S/C20H19N7O3/c1-4-25-11-16(13(3)24-25)18-7-8-21-19-15(10-22-26(18)19)20(28)23-17-6-5-14(27(29)30)9-12(17)2/h5-11H,4H2,1-3H3,(H,23,28). The molecule has 3 heterocycles. The molecule has 0 spiro atoms. The lowest BCUT2D eigenvalue weighted by Gasteiger charge is -2.08. The molecule has 0 aliphatic heterocycles.